The maximum Gasteiger partial charge on any atom is 0.134 e. The molecule has 106 valence electrons. The van der Waals surface area contributed by atoms with Crippen LogP contribution in [0.4, 0.5) is 0 Å². The number of rotatable bonds is 6. The lowest BCUT2D eigenvalue weighted by atomic mass is 10.1. The first-order valence-electron chi connectivity index (χ1n) is 7.05. The molecule has 1 aromatic carbocycles. The Morgan fingerprint density at radius 1 is 1.35 bits per heavy atom. The molecule has 0 radical (unpaired) electrons. The zero-order chi connectivity index (χ0) is 13.9. The van der Waals surface area contributed by atoms with Crippen LogP contribution in [0.25, 0.3) is 0 Å². The lowest BCUT2D eigenvalue weighted by molar-refractivity contribution is 0.136. The number of aryl methyl sites for hydroxylation is 1. The van der Waals surface area contributed by atoms with Gasteiger partial charge in [-0.25, -0.2) is 4.98 Å². The van der Waals surface area contributed by atoms with Crippen molar-refractivity contribution in [2.24, 2.45) is 0 Å². The van der Waals surface area contributed by atoms with Crippen molar-refractivity contribution in [1.82, 2.24) is 10.3 Å². The summed E-state index contributed by atoms with van der Waals surface area (Å²) in [5.74, 6) is 0. The predicted octanol–water partition coefficient (Wildman–Crippen LogP) is 3.44. The minimum Gasteiger partial charge on any atom is -0.370 e. The van der Waals surface area contributed by atoms with E-state index in [-0.39, 0.29) is 6.10 Å². The number of aromatic nitrogens is 1. The van der Waals surface area contributed by atoms with Crippen molar-refractivity contribution >= 4 is 11.3 Å². The van der Waals surface area contributed by atoms with Crippen molar-refractivity contribution in [3.63, 3.8) is 0 Å². The molecule has 1 aliphatic rings. The summed E-state index contributed by atoms with van der Waals surface area (Å²) < 4.78 is 5.66. The van der Waals surface area contributed by atoms with E-state index in [1.807, 2.05) is 18.2 Å². The van der Waals surface area contributed by atoms with E-state index in [0.29, 0.717) is 0 Å². The second kappa shape index (κ2) is 6.04. The molecule has 0 bridgehead atoms. The number of hydrogen-bond donors (Lipinski definition) is 1. The summed E-state index contributed by atoms with van der Waals surface area (Å²) in [6.07, 6.45) is 2.57. The minimum absolute atomic E-state index is 0.0606. The molecule has 0 saturated heterocycles. The second-order valence-electron chi connectivity index (χ2n) is 5.24. The highest BCUT2D eigenvalue weighted by Crippen LogP contribution is 2.31. The van der Waals surface area contributed by atoms with E-state index in [2.05, 4.69) is 24.4 Å². The van der Waals surface area contributed by atoms with E-state index in [0.717, 1.165) is 28.9 Å². The average Bonchev–Trinajstić information content (AvgIpc) is 3.23. The van der Waals surface area contributed by atoms with Crippen LogP contribution in [0.1, 0.15) is 40.1 Å². The van der Waals surface area contributed by atoms with E-state index in [1.54, 1.807) is 18.4 Å². The van der Waals surface area contributed by atoms with Crippen LogP contribution in [-0.2, 0) is 11.3 Å². The van der Waals surface area contributed by atoms with E-state index >= 15 is 0 Å². The zero-order valence-corrected chi connectivity index (χ0v) is 12.7. The molecule has 1 atom stereocenters. The smallest absolute Gasteiger partial charge is 0.134 e. The molecule has 0 amide bonds. The molecule has 3 rings (SSSR count). The maximum atomic E-state index is 5.66. The Kier molecular flexibility index (Phi) is 4.15. The fourth-order valence-electron chi connectivity index (χ4n) is 2.26. The van der Waals surface area contributed by atoms with Gasteiger partial charge in [0.25, 0.3) is 0 Å². The summed E-state index contributed by atoms with van der Waals surface area (Å²) in [6, 6.07) is 11.0. The molecular weight excluding hydrogens is 268 g/mol. The first-order valence-corrected chi connectivity index (χ1v) is 7.87. The van der Waals surface area contributed by atoms with Crippen molar-refractivity contribution in [3.8, 4) is 0 Å². The zero-order valence-electron chi connectivity index (χ0n) is 11.9. The van der Waals surface area contributed by atoms with Gasteiger partial charge in [-0.2, -0.15) is 0 Å². The van der Waals surface area contributed by atoms with Crippen molar-refractivity contribution in [2.45, 2.75) is 38.5 Å². The van der Waals surface area contributed by atoms with Crippen LogP contribution in [0.15, 0.2) is 30.3 Å². The van der Waals surface area contributed by atoms with Gasteiger partial charge in [0, 0.05) is 24.6 Å². The van der Waals surface area contributed by atoms with Crippen LogP contribution < -0.4 is 5.32 Å². The molecule has 1 saturated carbocycles. The van der Waals surface area contributed by atoms with Gasteiger partial charge in [-0.1, -0.05) is 30.3 Å². The van der Waals surface area contributed by atoms with Gasteiger partial charge in [0.15, 0.2) is 0 Å². The number of ether oxygens (including phenoxy) is 1. The molecule has 1 fully saturated rings. The highest BCUT2D eigenvalue weighted by atomic mass is 32.1. The van der Waals surface area contributed by atoms with Gasteiger partial charge in [-0.05, 0) is 25.3 Å². The summed E-state index contributed by atoms with van der Waals surface area (Å²) in [5, 5.41) is 4.60. The quantitative estimate of drug-likeness (QED) is 0.884. The fraction of sp³-hybridized carbons (Fsp3) is 0.438. The molecule has 1 heterocycles. The third kappa shape index (κ3) is 3.08. The standard InChI is InChI=1S/C16H20N2OS/c1-11-14(10-17-13-8-9-13)20-16(18-11)15(19-2)12-6-4-3-5-7-12/h3-7,13,15,17H,8-10H2,1-2H3. The number of nitrogens with zero attached hydrogens (tertiary/aromatic N) is 1. The average molecular weight is 288 g/mol. The molecule has 4 heteroatoms. The van der Waals surface area contributed by atoms with Crippen LogP contribution >= 0.6 is 11.3 Å². The normalized spacial score (nSPS) is 16.3. The van der Waals surface area contributed by atoms with E-state index in [1.165, 1.54) is 17.7 Å². The molecule has 0 spiro atoms. The number of methoxy groups -OCH3 is 1. The molecule has 1 N–H and O–H groups in total. The number of nitrogens with one attached hydrogen (secondary N) is 1. The Labute approximate surface area is 124 Å². The Morgan fingerprint density at radius 3 is 2.75 bits per heavy atom. The van der Waals surface area contributed by atoms with Gasteiger partial charge < -0.3 is 10.1 Å². The molecule has 1 unspecified atom stereocenters. The largest absolute Gasteiger partial charge is 0.370 e. The minimum atomic E-state index is -0.0606. The molecule has 20 heavy (non-hydrogen) atoms. The monoisotopic (exact) mass is 288 g/mol. The number of benzene rings is 1. The van der Waals surface area contributed by atoms with Crippen LogP contribution in [0.2, 0.25) is 0 Å². The van der Waals surface area contributed by atoms with Gasteiger partial charge >= 0.3 is 0 Å². The Morgan fingerprint density at radius 2 is 2.10 bits per heavy atom. The number of thiazole rings is 1. The van der Waals surface area contributed by atoms with Crippen molar-refractivity contribution in [3.05, 3.63) is 51.5 Å². The molecule has 1 aliphatic carbocycles. The fourth-order valence-corrected chi connectivity index (χ4v) is 3.38. The Balaban J connectivity index is 1.79. The highest BCUT2D eigenvalue weighted by molar-refractivity contribution is 7.11. The maximum absolute atomic E-state index is 5.66. The topological polar surface area (TPSA) is 34.1 Å². The van der Waals surface area contributed by atoms with Gasteiger partial charge in [0.1, 0.15) is 11.1 Å². The van der Waals surface area contributed by atoms with Crippen molar-refractivity contribution in [2.75, 3.05) is 7.11 Å². The summed E-state index contributed by atoms with van der Waals surface area (Å²) in [7, 11) is 1.75. The molecule has 0 aliphatic heterocycles. The first kappa shape index (κ1) is 13.7. The lowest BCUT2D eigenvalue weighted by Crippen LogP contribution is -2.14. The third-order valence-corrected chi connectivity index (χ3v) is 4.80. The number of hydrogen-bond acceptors (Lipinski definition) is 4. The Hall–Kier alpha value is -1.23. The molecule has 1 aromatic heterocycles. The summed E-state index contributed by atoms with van der Waals surface area (Å²) in [5.41, 5.74) is 2.28. The highest BCUT2D eigenvalue weighted by Gasteiger charge is 2.22. The first-order chi connectivity index (χ1) is 9.78. The summed E-state index contributed by atoms with van der Waals surface area (Å²) in [6.45, 7) is 3.01. The lowest BCUT2D eigenvalue weighted by Gasteiger charge is -2.12. The van der Waals surface area contributed by atoms with Gasteiger partial charge in [-0.3, -0.25) is 0 Å². The van der Waals surface area contributed by atoms with E-state index in [4.69, 9.17) is 9.72 Å². The SMILES string of the molecule is COC(c1ccccc1)c1nc(C)c(CNC2CC2)s1. The molecular formula is C16H20N2OS. The van der Waals surface area contributed by atoms with Gasteiger partial charge in [0.2, 0.25) is 0 Å². The van der Waals surface area contributed by atoms with Gasteiger partial charge in [0.05, 0.1) is 5.69 Å². The van der Waals surface area contributed by atoms with Crippen molar-refractivity contribution < 1.29 is 4.74 Å². The van der Waals surface area contributed by atoms with Crippen molar-refractivity contribution in [1.29, 1.82) is 0 Å². The summed E-state index contributed by atoms with van der Waals surface area (Å²) in [4.78, 5) is 6.03. The predicted molar refractivity (Wildman–Crippen MR) is 82.0 cm³/mol. The van der Waals surface area contributed by atoms with Crippen LogP contribution in [0, 0.1) is 6.92 Å². The van der Waals surface area contributed by atoms with Gasteiger partial charge in [-0.15, -0.1) is 11.3 Å². The van der Waals surface area contributed by atoms with Crippen LogP contribution in [0.5, 0.6) is 0 Å². The van der Waals surface area contributed by atoms with Crippen LogP contribution in [0.3, 0.4) is 0 Å². The molecule has 3 nitrogen and oxygen atoms in total. The van der Waals surface area contributed by atoms with Crippen LogP contribution in [-0.4, -0.2) is 18.1 Å². The second-order valence-corrected chi connectivity index (χ2v) is 6.36. The molecule has 2 aromatic rings. The van der Waals surface area contributed by atoms with E-state index in [9.17, 15) is 0 Å². The Bertz CT molecular complexity index is 563. The van der Waals surface area contributed by atoms with E-state index < -0.39 is 0 Å². The summed E-state index contributed by atoms with van der Waals surface area (Å²) >= 11 is 1.76. The third-order valence-electron chi connectivity index (χ3n) is 3.60.